The lowest BCUT2D eigenvalue weighted by molar-refractivity contribution is -0.115. The molecule has 0 spiro atoms. The van der Waals surface area contributed by atoms with E-state index in [1.54, 1.807) is 43.3 Å². The summed E-state index contributed by atoms with van der Waals surface area (Å²) in [6.45, 7) is 3.77. The van der Waals surface area contributed by atoms with E-state index in [1.165, 1.54) is 44.4 Å². The highest BCUT2D eigenvalue weighted by molar-refractivity contribution is 8.00. The first-order valence-electron chi connectivity index (χ1n) is 12.6. The molecule has 10 heteroatoms. The highest BCUT2D eigenvalue weighted by Gasteiger charge is 2.24. The Balaban J connectivity index is 1.45. The number of benzene rings is 3. The second kappa shape index (κ2) is 13.4. The lowest BCUT2D eigenvalue weighted by Crippen LogP contribution is -2.23. The number of carbonyl (C=O) groups is 3. The first-order chi connectivity index (χ1) is 19.7. The second-order valence-electron chi connectivity index (χ2n) is 9.01. The Kier molecular flexibility index (Phi) is 9.69. The third-order valence-electron chi connectivity index (χ3n) is 6.20. The average molecular weight is 591 g/mol. The van der Waals surface area contributed by atoms with Crippen molar-refractivity contribution in [3.8, 4) is 22.6 Å². The fraction of sp³-hybridized carbons (Fsp3) is 0.194. The number of anilines is 2. The van der Waals surface area contributed by atoms with Crippen LogP contribution in [0.1, 0.15) is 33.2 Å². The number of hydrogen-bond acceptors (Lipinski definition) is 8. The highest BCUT2D eigenvalue weighted by atomic mass is 32.2. The van der Waals surface area contributed by atoms with Crippen LogP contribution in [0, 0.1) is 6.92 Å². The first-order valence-corrected chi connectivity index (χ1v) is 14.4. The quantitative estimate of drug-likeness (QED) is 0.153. The SMILES string of the molecule is COC(=O)c1c(-c2ccc(C)cc2)csc1NC(=O)C(C)Sc1cccc(NC(=O)c2ccc(OC)c(OC)c2)c1. The minimum Gasteiger partial charge on any atom is -0.493 e. The van der Waals surface area contributed by atoms with E-state index in [4.69, 9.17) is 14.2 Å². The van der Waals surface area contributed by atoms with E-state index in [0.29, 0.717) is 38.9 Å². The van der Waals surface area contributed by atoms with E-state index in [0.717, 1.165) is 16.0 Å². The Morgan fingerprint density at radius 2 is 1.61 bits per heavy atom. The van der Waals surface area contributed by atoms with E-state index in [2.05, 4.69) is 10.6 Å². The summed E-state index contributed by atoms with van der Waals surface area (Å²) in [5.74, 6) is -0.109. The molecule has 1 aromatic heterocycles. The van der Waals surface area contributed by atoms with Crippen LogP contribution in [0.15, 0.2) is 77.0 Å². The van der Waals surface area contributed by atoms with Crippen LogP contribution < -0.4 is 20.1 Å². The average Bonchev–Trinajstić information content (AvgIpc) is 3.40. The van der Waals surface area contributed by atoms with Crippen LogP contribution in [0.25, 0.3) is 11.1 Å². The molecule has 4 aromatic rings. The molecule has 212 valence electrons. The van der Waals surface area contributed by atoms with Gasteiger partial charge in [0.05, 0.1) is 26.6 Å². The molecule has 2 N–H and O–H groups in total. The zero-order valence-electron chi connectivity index (χ0n) is 23.3. The summed E-state index contributed by atoms with van der Waals surface area (Å²) in [6.07, 6.45) is 0. The highest BCUT2D eigenvalue weighted by Crippen LogP contribution is 2.37. The molecule has 8 nitrogen and oxygen atoms in total. The van der Waals surface area contributed by atoms with Crippen molar-refractivity contribution in [3.05, 3.63) is 88.8 Å². The lowest BCUT2D eigenvalue weighted by atomic mass is 10.0. The molecule has 0 aliphatic carbocycles. The Labute approximate surface area is 247 Å². The van der Waals surface area contributed by atoms with Crippen molar-refractivity contribution in [2.24, 2.45) is 0 Å². The molecule has 0 bridgehead atoms. The van der Waals surface area contributed by atoms with Crippen molar-refractivity contribution in [1.29, 1.82) is 0 Å². The third-order valence-corrected chi connectivity index (χ3v) is 8.19. The van der Waals surface area contributed by atoms with Gasteiger partial charge < -0.3 is 24.8 Å². The van der Waals surface area contributed by atoms with Gasteiger partial charge in [-0.2, -0.15) is 0 Å². The predicted octanol–water partition coefficient (Wildman–Crippen LogP) is 6.90. The minimum absolute atomic E-state index is 0.266. The van der Waals surface area contributed by atoms with Gasteiger partial charge in [-0.25, -0.2) is 4.79 Å². The van der Waals surface area contributed by atoms with Crippen LogP contribution in [0.4, 0.5) is 10.7 Å². The van der Waals surface area contributed by atoms with Gasteiger partial charge in [-0.1, -0.05) is 35.9 Å². The molecule has 0 saturated heterocycles. The van der Waals surface area contributed by atoms with Crippen LogP contribution in [0.2, 0.25) is 0 Å². The molecule has 0 aliphatic rings. The smallest absolute Gasteiger partial charge is 0.341 e. The van der Waals surface area contributed by atoms with Crippen molar-refractivity contribution < 1.29 is 28.6 Å². The topological polar surface area (TPSA) is 103 Å². The number of nitrogens with one attached hydrogen (secondary N) is 2. The fourth-order valence-corrected chi connectivity index (χ4v) is 5.89. The number of amides is 2. The largest absolute Gasteiger partial charge is 0.493 e. The van der Waals surface area contributed by atoms with Crippen molar-refractivity contribution in [2.45, 2.75) is 24.0 Å². The molecule has 2 amide bonds. The molecule has 0 aliphatic heterocycles. The van der Waals surface area contributed by atoms with E-state index < -0.39 is 11.2 Å². The molecule has 1 unspecified atom stereocenters. The molecule has 1 atom stereocenters. The van der Waals surface area contributed by atoms with Gasteiger partial charge in [0.2, 0.25) is 5.91 Å². The lowest BCUT2D eigenvalue weighted by Gasteiger charge is -2.14. The van der Waals surface area contributed by atoms with Crippen LogP contribution in [0.3, 0.4) is 0 Å². The van der Waals surface area contributed by atoms with Gasteiger partial charge in [-0.3, -0.25) is 9.59 Å². The number of aryl methyl sites for hydroxylation is 1. The van der Waals surface area contributed by atoms with Gasteiger partial charge in [-0.15, -0.1) is 23.1 Å². The van der Waals surface area contributed by atoms with E-state index in [-0.39, 0.29) is 11.8 Å². The third kappa shape index (κ3) is 7.08. The Hall–Kier alpha value is -4.28. The number of thioether (sulfide) groups is 1. The van der Waals surface area contributed by atoms with Crippen molar-refractivity contribution in [1.82, 2.24) is 0 Å². The molecule has 4 rings (SSSR count). The van der Waals surface area contributed by atoms with Crippen molar-refractivity contribution in [2.75, 3.05) is 32.0 Å². The van der Waals surface area contributed by atoms with Crippen LogP contribution in [0.5, 0.6) is 11.5 Å². The van der Waals surface area contributed by atoms with Crippen molar-refractivity contribution >= 4 is 51.6 Å². The normalized spacial score (nSPS) is 11.3. The standard InChI is InChI=1S/C31H30N2O6S2/c1-18-9-11-20(12-10-18)24-17-40-30(27(24)31(36)39-5)33-28(34)19(2)41-23-8-6-7-22(16-23)32-29(35)21-13-14-25(37-3)26(15-21)38-4/h6-17,19H,1-5H3,(H,32,35)(H,33,34). The zero-order valence-corrected chi connectivity index (χ0v) is 24.9. The molecule has 1 heterocycles. The van der Waals surface area contributed by atoms with E-state index >= 15 is 0 Å². The number of thiophene rings is 1. The summed E-state index contributed by atoms with van der Waals surface area (Å²) >= 11 is 2.61. The maximum Gasteiger partial charge on any atom is 0.341 e. The molecule has 3 aromatic carbocycles. The maximum absolute atomic E-state index is 13.2. The molecule has 41 heavy (non-hydrogen) atoms. The number of carbonyl (C=O) groups excluding carboxylic acids is 3. The first kappa shape index (κ1) is 29.7. The van der Waals surface area contributed by atoms with Gasteiger partial charge in [0.15, 0.2) is 11.5 Å². The van der Waals surface area contributed by atoms with E-state index in [9.17, 15) is 14.4 Å². The zero-order chi connectivity index (χ0) is 29.5. The monoisotopic (exact) mass is 590 g/mol. The van der Waals surface area contributed by atoms with E-state index in [1.807, 2.05) is 42.6 Å². The van der Waals surface area contributed by atoms with Crippen LogP contribution in [-0.2, 0) is 9.53 Å². The van der Waals surface area contributed by atoms with Gasteiger partial charge in [0.1, 0.15) is 10.6 Å². The summed E-state index contributed by atoms with van der Waals surface area (Å²) in [5, 5.41) is 7.56. The van der Waals surface area contributed by atoms with Crippen LogP contribution in [-0.4, -0.2) is 44.4 Å². The minimum atomic E-state index is -0.518. The Bertz CT molecular complexity index is 1570. The molecular formula is C31H30N2O6S2. The van der Waals surface area contributed by atoms with Gasteiger partial charge in [0, 0.05) is 27.1 Å². The number of rotatable bonds is 10. The Morgan fingerprint density at radius 3 is 2.29 bits per heavy atom. The summed E-state index contributed by atoms with van der Waals surface area (Å²) < 4.78 is 15.5. The molecule has 0 fully saturated rings. The maximum atomic E-state index is 13.2. The van der Waals surface area contributed by atoms with Crippen LogP contribution >= 0.6 is 23.1 Å². The summed E-state index contributed by atoms with van der Waals surface area (Å²) in [6, 6.07) is 20.0. The number of methoxy groups -OCH3 is 3. The van der Waals surface area contributed by atoms with Gasteiger partial charge in [0.25, 0.3) is 5.91 Å². The second-order valence-corrected chi connectivity index (χ2v) is 11.3. The molecule has 0 saturated carbocycles. The fourth-order valence-electron chi connectivity index (χ4n) is 4.00. The predicted molar refractivity (Wildman–Crippen MR) is 164 cm³/mol. The summed E-state index contributed by atoms with van der Waals surface area (Å²) in [4.78, 5) is 39.5. The Morgan fingerprint density at radius 1 is 0.878 bits per heavy atom. The summed E-state index contributed by atoms with van der Waals surface area (Å²) in [5.41, 5.74) is 3.99. The number of ether oxygens (including phenoxy) is 3. The number of hydrogen-bond donors (Lipinski definition) is 2. The molecular weight excluding hydrogens is 560 g/mol. The van der Waals surface area contributed by atoms with Gasteiger partial charge >= 0.3 is 5.97 Å². The van der Waals surface area contributed by atoms with Gasteiger partial charge in [-0.05, 0) is 55.8 Å². The number of esters is 1. The molecule has 0 radical (unpaired) electrons. The summed E-state index contributed by atoms with van der Waals surface area (Å²) in [7, 11) is 4.36. The van der Waals surface area contributed by atoms with Crippen molar-refractivity contribution in [3.63, 3.8) is 0 Å².